The molecule has 0 bridgehead atoms. The molecule has 1 N–H and O–H groups in total. The first-order valence-electron chi connectivity index (χ1n) is 12.1. The van der Waals surface area contributed by atoms with E-state index in [4.69, 9.17) is 9.47 Å². The van der Waals surface area contributed by atoms with Crippen LogP contribution in [0.25, 0.3) is 10.9 Å². The third-order valence-electron chi connectivity index (χ3n) is 6.22. The molecule has 4 aromatic rings. The molecule has 1 aliphatic heterocycles. The Hall–Kier alpha value is -3.56. The number of aromatic amines is 1. The average Bonchev–Trinajstić information content (AvgIpc) is 3.53. The molecule has 1 fully saturated rings. The van der Waals surface area contributed by atoms with Gasteiger partial charge in [-0.1, -0.05) is 30.3 Å². The predicted molar refractivity (Wildman–Crippen MR) is 132 cm³/mol. The summed E-state index contributed by atoms with van der Waals surface area (Å²) in [5, 5.41) is 13.3. The Morgan fingerprint density at radius 3 is 2.83 bits per heavy atom. The van der Waals surface area contributed by atoms with E-state index >= 15 is 0 Å². The highest BCUT2D eigenvalue weighted by atomic mass is 16.5. The summed E-state index contributed by atoms with van der Waals surface area (Å²) in [5.41, 5.74) is 2.53. The minimum Gasteiger partial charge on any atom is -0.494 e. The van der Waals surface area contributed by atoms with Gasteiger partial charge in [-0.25, -0.2) is 4.68 Å². The Kier molecular flexibility index (Phi) is 7.15. The number of aromatic nitrogens is 5. The van der Waals surface area contributed by atoms with Gasteiger partial charge in [0, 0.05) is 36.2 Å². The first-order chi connectivity index (χ1) is 17.2. The molecule has 9 nitrogen and oxygen atoms in total. The van der Waals surface area contributed by atoms with Crippen LogP contribution in [-0.2, 0) is 30.9 Å². The summed E-state index contributed by atoms with van der Waals surface area (Å²) < 4.78 is 13.2. The summed E-state index contributed by atoms with van der Waals surface area (Å²) in [7, 11) is 0. The van der Waals surface area contributed by atoms with Crippen LogP contribution in [0.4, 0.5) is 0 Å². The molecule has 2 aromatic heterocycles. The van der Waals surface area contributed by atoms with Gasteiger partial charge in [-0.05, 0) is 60.0 Å². The fourth-order valence-corrected chi connectivity index (χ4v) is 4.51. The van der Waals surface area contributed by atoms with Crippen molar-refractivity contribution in [3.05, 3.63) is 81.9 Å². The molecule has 0 radical (unpaired) electrons. The Labute approximate surface area is 203 Å². The van der Waals surface area contributed by atoms with Gasteiger partial charge >= 0.3 is 0 Å². The molecule has 182 valence electrons. The van der Waals surface area contributed by atoms with Gasteiger partial charge in [-0.15, -0.1) is 5.10 Å². The number of fused-ring (bicyclic) bond motifs is 1. The van der Waals surface area contributed by atoms with Gasteiger partial charge in [0.05, 0.1) is 25.8 Å². The fourth-order valence-electron chi connectivity index (χ4n) is 4.51. The zero-order valence-electron chi connectivity index (χ0n) is 19.9. The standard InChI is InChI=1S/C26H30N6O3/c1-2-34-22-10-11-24-20(14-22)13-21(26(33)27-24)16-31(15-19-7-4-3-5-8-19)18-25-28-29-30-32(25)17-23-9-6-12-35-23/h3-5,7-8,10-11,13-14,23H,2,6,9,12,15-18H2,1H3,(H,27,33)/t23-/m0/s1. The largest absolute Gasteiger partial charge is 0.494 e. The van der Waals surface area contributed by atoms with Gasteiger partial charge in [-0.2, -0.15) is 0 Å². The Bertz CT molecular complexity index is 1310. The van der Waals surface area contributed by atoms with Crippen LogP contribution in [0.3, 0.4) is 0 Å². The number of nitrogens with one attached hydrogen (secondary N) is 1. The summed E-state index contributed by atoms with van der Waals surface area (Å²) in [6.45, 7) is 5.58. The van der Waals surface area contributed by atoms with Gasteiger partial charge in [-0.3, -0.25) is 9.69 Å². The number of rotatable bonds is 10. The topological polar surface area (TPSA) is 98.2 Å². The molecule has 5 rings (SSSR count). The lowest BCUT2D eigenvalue weighted by molar-refractivity contribution is 0.0914. The van der Waals surface area contributed by atoms with Crippen molar-refractivity contribution < 1.29 is 9.47 Å². The molecular formula is C26H30N6O3. The van der Waals surface area contributed by atoms with Crippen molar-refractivity contribution in [3.63, 3.8) is 0 Å². The smallest absolute Gasteiger partial charge is 0.252 e. The Balaban J connectivity index is 1.41. The second-order valence-electron chi connectivity index (χ2n) is 8.85. The normalized spacial score (nSPS) is 15.8. The maximum Gasteiger partial charge on any atom is 0.252 e. The van der Waals surface area contributed by atoms with Gasteiger partial charge in [0.1, 0.15) is 5.75 Å². The van der Waals surface area contributed by atoms with Crippen LogP contribution in [0, 0.1) is 0 Å². The second kappa shape index (κ2) is 10.8. The van der Waals surface area contributed by atoms with Crippen LogP contribution in [0.5, 0.6) is 5.75 Å². The maximum atomic E-state index is 13.0. The van der Waals surface area contributed by atoms with Crippen molar-refractivity contribution in [2.24, 2.45) is 0 Å². The number of tetrazole rings is 1. The number of pyridine rings is 1. The van der Waals surface area contributed by atoms with Crippen LogP contribution >= 0.6 is 0 Å². The predicted octanol–water partition coefficient (Wildman–Crippen LogP) is 3.29. The lowest BCUT2D eigenvalue weighted by atomic mass is 10.1. The molecule has 1 aliphatic rings. The van der Waals surface area contributed by atoms with Crippen LogP contribution in [0.1, 0.15) is 36.7 Å². The van der Waals surface area contributed by atoms with Crippen LogP contribution in [-0.4, -0.2) is 49.4 Å². The minimum atomic E-state index is -0.0985. The van der Waals surface area contributed by atoms with Crippen LogP contribution in [0.2, 0.25) is 0 Å². The maximum absolute atomic E-state index is 13.0. The summed E-state index contributed by atoms with van der Waals surface area (Å²) >= 11 is 0. The third-order valence-corrected chi connectivity index (χ3v) is 6.22. The highest BCUT2D eigenvalue weighted by Gasteiger charge is 2.21. The number of benzene rings is 2. The van der Waals surface area contributed by atoms with E-state index in [1.54, 1.807) is 0 Å². The summed E-state index contributed by atoms with van der Waals surface area (Å²) in [5.74, 6) is 1.54. The van der Waals surface area contributed by atoms with E-state index in [9.17, 15) is 4.79 Å². The quantitative estimate of drug-likeness (QED) is 0.377. The Morgan fingerprint density at radius 1 is 1.14 bits per heavy atom. The van der Waals surface area contributed by atoms with Crippen molar-refractivity contribution in [1.29, 1.82) is 0 Å². The molecule has 0 aliphatic carbocycles. The number of nitrogens with zero attached hydrogens (tertiary/aromatic N) is 5. The molecule has 1 saturated heterocycles. The molecule has 1 atom stereocenters. The van der Waals surface area contributed by atoms with Crippen molar-refractivity contribution in [2.75, 3.05) is 13.2 Å². The fraction of sp³-hybridized carbons (Fsp3) is 0.385. The van der Waals surface area contributed by atoms with Crippen molar-refractivity contribution in [2.45, 2.75) is 52.0 Å². The van der Waals surface area contributed by atoms with Crippen LogP contribution < -0.4 is 10.3 Å². The van der Waals surface area contributed by atoms with E-state index in [-0.39, 0.29) is 11.7 Å². The summed E-state index contributed by atoms with van der Waals surface area (Å²) in [4.78, 5) is 18.2. The van der Waals surface area contributed by atoms with E-state index in [2.05, 4.69) is 37.5 Å². The third kappa shape index (κ3) is 5.75. The molecule has 35 heavy (non-hydrogen) atoms. The lowest BCUT2D eigenvalue weighted by Gasteiger charge is -2.22. The highest BCUT2D eigenvalue weighted by Crippen LogP contribution is 2.21. The van der Waals surface area contributed by atoms with E-state index in [0.29, 0.717) is 38.3 Å². The van der Waals surface area contributed by atoms with Gasteiger partial charge in [0.2, 0.25) is 0 Å². The van der Waals surface area contributed by atoms with Gasteiger partial charge in [0.25, 0.3) is 5.56 Å². The van der Waals surface area contributed by atoms with E-state index < -0.39 is 0 Å². The second-order valence-corrected chi connectivity index (χ2v) is 8.85. The number of H-pyrrole nitrogens is 1. The minimum absolute atomic E-state index is 0.0985. The number of ether oxygens (including phenoxy) is 2. The number of hydrogen-bond acceptors (Lipinski definition) is 7. The van der Waals surface area contributed by atoms with Crippen molar-refractivity contribution >= 4 is 10.9 Å². The van der Waals surface area contributed by atoms with Crippen molar-refractivity contribution in [1.82, 2.24) is 30.1 Å². The summed E-state index contributed by atoms with van der Waals surface area (Å²) in [6.07, 6.45) is 2.23. The van der Waals surface area contributed by atoms with Gasteiger partial charge in [0.15, 0.2) is 5.82 Å². The summed E-state index contributed by atoms with van der Waals surface area (Å²) in [6, 6.07) is 17.9. The molecule has 0 saturated carbocycles. The molecule has 2 aromatic carbocycles. The van der Waals surface area contributed by atoms with E-state index in [0.717, 1.165) is 47.5 Å². The molecule has 9 heteroatoms. The molecule has 0 amide bonds. The van der Waals surface area contributed by atoms with Gasteiger partial charge < -0.3 is 14.5 Å². The zero-order valence-corrected chi connectivity index (χ0v) is 19.9. The first-order valence-corrected chi connectivity index (χ1v) is 12.1. The Morgan fingerprint density at radius 2 is 2.03 bits per heavy atom. The average molecular weight is 475 g/mol. The van der Waals surface area contributed by atoms with E-state index in [1.807, 2.05) is 54.1 Å². The molecular weight excluding hydrogens is 444 g/mol. The molecule has 0 unspecified atom stereocenters. The number of hydrogen-bond donors (Lipinski definition) is 1. The zero-order chi connectivity index (χ0) is 24.0. The SMILES string of the molecule is CCOc1ccc2[nH]c(=O)c(CN(Cc3ccccc3)Cc3nnnn3C[C@@H]3CCCO3)cc2c1. The molecule has 3 heterocycles. The van der Waals surface area contributed by atoms with Crippen LogP contribution in [0.15, 0.2) is 59.4 Å². The van der Waals surface area contributed by atoms with Crippen molar-refractivity contribution in [3.8, 4) is 5.75 Å². The highest BCUT2D eigenvalue weighted by molar-refractivity contribution is 5.80. The first kappa shape index (κ1) is 23.2. The molecule has 0 spiro atoms. The lowest BCUT2D eigenvalue weighted by Crippen LogP contribution is -2.29. The van der Waals surface area contributed by atoms with E-state index in [1.165, 1.54) is 0 Å². The monoisotopic (exact) mass is 474 g/mol.